The molecule has 1 fully saturated rings. The number of rotatable bonds is 6. The van der Waals surface area contributed by atoms with Crippen LogP contribution in [0.15, 0.2) is 36.4 Å². The quantitative estimate of drug-likeness (QED) is 0.815. The van der Waals surface area contributed by atoms with E-state index >= 15 is 0 Å². The van der Waals surface area contributed by atoms with Crippen LogP contribution in [0.4, 0.5) is 0 Å². The monoisotopic (exact) mass is 298 g/mol. The number of hydrogen-bond acceptors (Lipinski definition) is 3. The van der Waals surface area contributed by atoms with Crippen LogP contribution < -0.4 is 4.74 Å². The molecular formula is C18H22N2O2. The highest BCUT2D eigenvalue weighted by Crippen LogP contribution is 2.34. The molecule has 1 saturated carbocycles. The zero-order valence-corrected chi connectivity index (χ0v) is 12.8. The van der Waals surface area contributed by atoms with Gasteiger partial charge < -0.3 is 9.47 Å². The van der Waals surface area contributed by atoms with Crippen LogP contribution in [-0.4, -0.2) is 16.4 Å². The highest BCUT2D eigenvalue weighted by molar-refractivity contribution is 5.22. The van der Waals surface area contributed by atoms with Crippen LogP contribution in [0.3, 0.4) is 0 Å². The second-order valence-corrected chi connectivity index (χ2v) is 6.29. The third-order valence-electron chi connectivity index (χ3n) is 4.39. The van der Waals surface area contributed by atoms with Crippen molar-refractivity contribution in [3.05, 3.63) is 47.8 Å². The summed E-state index contributed by atoms with van der Waals surface area (Å²) < 4.78 is 14.0. The van der Waals surface area contributed by atoms with E-state index in [1.807, 2.05) is 30.3 Å². The molecule has 2 aromatic rings. The normalized spacial score (nSPS) is 20.6. The highest BCUT2D eigenvalue weighted by atomic mass is 16.5. The fraction of sp³-hybridized carbons (Fsp3) is 0.500. The van der Waals surface area contributed by atoms with E-state index in [0.29, 0.717) is 6.61 Å². The summed E-state index contributed by atoms with van der Waals surface area (Å²) in [5.41, 5.74) is 2.21. The van der Waals surface area contributed by atoms with E-state index < -0.39 is 0 Å². The molecule has 116 valence electrons. The van der Waals surface area contributed by atoms with Crippen molar-refractivity contribution in [1.29, 1.82) is 0 Å². The number of aryl methyl sites for hydroxylation is 1. The van der Waals surface area contributed by atoms with Crippen molar-refractivity contribution < 1.29 is 9.47 Å². The van der Waals surface area contributed by atoms with Crippen molar-refractivity contribution >= 4 is 0 Å². The molecule has 4 nitrogen and oxygen atoms in total. The number of fused-ring (bicyclic) bond motifs is 1. The lowest BCUT2D eigenvalue weighted by molar-refractivity contribution is 0.0232. The predicted octanol–water partition coefficient (Wildman–Crippen LogP) is 3.72. The zero-order valence-electron chi connectivity index (χ0n) is 12.8. The van der Waals surface area contributed by atoms with Gasteiger partial charge in [0.1, 0.15) is 18.1 Å². The summed E-state index contributed by atoms with van der Waals surface area (Å²) in [4.78, 5) is 0. The Kier molecular flexibility index (Phi) is 3.85. The summed E-state index contributed by atoms with van der Waals surface area (Å²) >= 11 is 0. The first-order chi connectivity index (χ1) is 10.9. The lowest BCUT2D eigenvalue weighted by atomic mass is 10.1. The van der Waals surface area contributed by atoms with Crippen LogP contribution in [0.5, 0.6) is 5.75 Å². The molecule has 1 atom stereocenters. The minimum Gasteiger partial charge on any atom is -0.487 e. The van der Waals surface area contributed by atoms with E-state index in [0.717, 1.165) is 43.4 Å². The molecule has 0 spiro atoms. The largest absolute Gasteiger partial charge is 0.487 e. The lowest BCUT2D eigenvalue weighted by Crippen LogP contribution is -2.19. The van der Waals surface area contributed by atoms with E-state index in [4.69, 9.17) is 9.47 Å². The van der Waals surface area contributed by atoms with Gasteiger partial charge in [0, 0.05) is 6.54 Å². The number of hydrogen-bond donors (Lipinski definition) is 0. The molecule has 0 amide bonds. The van der Waals surface area contributed by atoms with Gasteiger partial charge in [0.25, 0.3) is 0 Å². The molecule has 0 bridgehead atoms. The van der Waals surface area contributed by atoms with Gasteiger partial charge in [-0.1, -0.05) is 18.2 Å². The molecule has 2 aliphatic rings. The highest BCUT2D eigenvalue weighted by Gasteiger charge is 2.27. The maximum Gasteiger partial charge on any atom is 0.132 e. The summed E-state index contributed by atoms with van der Waals surface area (Å²) in [6.45, 7) is 2.41. The van der Waals surface area contributed by atoms with Crippen molar-refractivity contribution in [3.63, 3.8) is 0 Å². The van der Waals surface area contributed by atoms with E-state index in [1.54, 1.807) is 0 Å². The van der Waals surface area contributed by atoms with Gasteiger partial charge in [0.15, 0.2) is 0 Å². The SMILES string of the molecule is c1ccc(OCc2cc3n(n2)CCCC3OCC2CC2)cc1. The number of benzene rings is 1. The molecule has 0 radical (unpaired) electrons. The van der Waals surface area contributed by atoms with Gasteiger partial charge >= 0.3 is 0 Å². The van der Waals surface area contributed by atoms with Gasteiger partial charge in [0.05, 0.1) is 18.4 Å². The molecule has 1 aliphatic carbocycles. The van der Waals surface area contributed by atoms with Crippen LogP contribution in [0, 0.1) is 5.92 Å². The lowest BCUT2D eigenvalue weighted by Gasteiger charge is -2.23. The second kappa shape index (κ2) is 6.13. The Labute approximate surface area is 131 Å². The summed E-state index contributed by atoms with van der Waals surface area (Å²) in [5.74, 6) is 1.69. The van der Waals surface area contributed by atoms with Crippen LogP contribution >= 0.6 is 0 Å². The number of ether oxygens (including phenoxy) is 2. The summed E-state index contributed by atoms with van der Waals surface area (Å²) in [6.07, 6.45) is 5.14. The van der Waals surface area contributed by atoms with Gasteiger partial charge in [-0.2, -0.15) is 5.10 Å². The minimum atomic E-state index is 0.215. The Hall–Kier alpha value is -1.81. The summed E-state index contributed by atoms with van der Waals surface area (Å²) in [6, 6.07) is 12.0. The minimum absolute atomic E-state index is 0.215. The molecule has 2 heterocycles. The fourth-order valence-electron chi connectivity index (χ4n) is 2.95. The van der Waals surface area contributed by atoms with Crippen molar-refractivity contribution in [1.82, 2.24) is 9.78 Å². The summed E-state index contributed by atoms with van der Waals surface area (Å²) in [5, 5.41) is 4.67. The third-order valence-corrected chi connectivity index (χ3v) is 4.39. The third kappa shape index (κ3) is 3.17. The molecule has 0 saturated heterocycles. The Morgan fingerprint density at radius 3 is 2.82 bits per heavy atom. The number of nitrogens with zero attached hydrogens (tertiary/aromatic N) is 2. The molecule has 1 aromatic heterocycles. The fourth-order valence-corrected chi connectivity index (χ4v) is 2.95. The van der Waals surface area contributed by atoms with Crippen LogP contribution in [-0.2, 0) is 17.9 Å². The van der Waals surface area contributed by atoms with Crippen molar-refractivity contribution in [2.24, 2.45) is 5.92 Å². The molecule has 4 heteroatoms. The average Bonchev–Trinajstić information content (AvgIpc) is 3.29. The van der Waals surface area contributed by atoms with Gasteiger partial charge in [-0.25, -0.2) is 0 Å². The second-order valence-electron chi connectivity index (χ2n) is 6.29. The molecule has 4 rings (SSSR count). The van der Waals surface area contributed by atoms with E-state index in [2.05, 4.69) is 15.8 Å². The standard InChI is InChI=1S/C18H22N2O2/c1-2-5-16(6-3-1)21-13-15-11-17-18(22-12-14-8-9-14)7-4-10-20(17)19-15/h1-3,5-6,11,14,18H,4,7-10,12-13H2. The van der Waals surface area contributed by atoms with E-state index in [-0.39, 0.29) is 6.10 Å². The van der Waals surface area contributed by atoms with Crippen LogP contribution in [0.1, 0.15) is 43.2 Å². The molecular weight excluding hydrogens is 276 g/mol. The Morgan fingerprint density at radius 2 is 2.00 bits per heavy atom. The van der Waals surface area contributed by atoms with E-state index in [9.17, 15) is 0 Å². The first-order valence-corrected chi connectivity index (χ1v) is 8.24. The van der Waals surface area contributed by atoms with Crippen LogP contribution in [0.25, 0.3) is 0 Å². The predicted molar refractivity (Wildman–Crippen MR) is 83.7 cm³/mol. The smallest absolute Gasteiger partial charge is 0.132 e. The number of aromatic nitrogens is 2. The van der Waals surface area contributed by atoms with Gasteiger partial charge in [-0.05, 0) is 49.8 Å². The van der Waals surface area contributed by atoms with Gasteiger partial charge in [-0.3, -0.25) is 4.68 Å². The molecule has 1 unspecified atom stereocenters. The maximum absolute atomic E-state index is 6.11. The average molecular weight is 298 g/mol. The van der Waals surface area contributed by atoms with Crippen molar-refractivity contribution in [3.8, 4) is 5.75 Å². The molecule has 1 aromatic carbocycles. The Bertz CT molecular complexity index is 619. The molecule has 22 heavy (non-hydrogen) atoms. The zero-order chi connectivity index (χ0) is 14.8. The first kappa shape index (κ1) is 13.8. The molecule has 0 N–H and O–H groups in total. The maximum atomic E-state index is 6.11. The van der Waals surface area contributed by atoms with E-state index in [1.165, 1.54) is 18.5 Å². The van der Waals surface area contributed by atoms with Gasteiger partial charge in [0.2, 0.25) is 0 Å². The number of para-hydroxylation sites is 1. The summed E-state index contributed by atoms with van der Waals surface area (Å²) in [7, 11) is 0. The Morgan fingerprint density at radius 1 is 1.14 bits per heavy atom. The molecule has 1 aliphatic heterocycles. The first-order valence-electron chi connectivity index (χ1n) is 8.24. The Balaban J connectivity index is 1.41. The van der Waals surface area contributed by atoms with Crippen LogP contribution in [0.2, 0.25) is 0 Å². The van der Waals surface area contributed by atoms with Crippen molar-refractivity contribution in [2.45, 2.75) is 44.9 Å². The van der Waals surface area contributed by atoms with Crippen molar-refractivity contribution in [2.75, 3.05) is 6.61 Å². The van der Waals surface area contributed by atoms with Gasteiger partial charge in [-0.15, -0.1) is 0 Å². The topological polar surface area (TPSA) is 36.3 Å².